The maximum atomic E-state index is 11.1. The molecule has 10 heteroatoms. The fourth-order valence-corrected chi connectivity index (χ4v) is 7.00. The van der Waals surface area contributed by atoms with Crippen LogP contribution in [0.15, 0.2) is 24.3 Å². The summed E-state index contributed by atoms with van der Waals surface area (Å²) in [6.07, 6.45) is 1.15. The first-order chi connectivity index (χ1) is 20.3. The van der Waals surface area contributed by atoms with E-state index in [2.05, 4.69) is 17.0 Å². The smallest absolute Gasteiger partial charge is 0.202 e. The third kappa shape index (κ3) is 5.99. The van der Waals surface area contributed by atoms with Gasteiger partial charge in [-0.05, 0) is 79.3 Å². The van der Waals surface area contributed by atoms with Crippen LogP contribution < -0.4 is 9.47 Å². The summed E-state index contributed by atoms with van der Waals surface area (Å²) in [5.74, 6) is 1.36. The molecule has 2 aromatic carbocycles. The molecule has 0 spiro atoms. The second-order valence-electron chi connectivity index (χ2n) is 12.2. The van der Waals surface area contributed by atoms with Crippen LogP contribution >= 0.6 is 0 Å². The van der Waals surface area contributed by atoms with Crippen LogP contribution in [0.5, 0.6) is 17.2 Å². The van der Waals surface area contributed by atoms with Crippen molar-refractivity contribution in [3.63, 3.8) is 0 Å². The Morgan fingerprint density at radius 3 is 2.64 bits per heavy atom. The molecule has 0 aliphatic carbocycles. The lowest BCUT2D eigenvalue weighted by atomic mass is 9.82. The minimum absolute atomic E-state index is 0.0395. The van der Waals surface area contributed by atoms with Gasteiger partial charge in [-0.2, -0.15) is 0 Å². The number of hydrogen-bond donors (Lipinski definition) is 4. The monoisotopic (exact) mass is 585 g/mol. The minimum Gasteiger partial charge on any atom is -0.508 e. The third-order valence-corrected chi connectivity index (χ3v) is 9.36. The normalized spacial score (nSPS) is 30.0. The molecule has 2 aromatic rings. The fourth-order valence-electron chi connectivity index (χ4n) is 7.00. The Labute approximate surface area is 246 Å². The second kappa shape index (κ2) is 12.3. The van der Waals surface area contributed by atoms with Crippen LogP contribution in [0.1, 0.15) is 60.0 Å². The van der Waals surface area contributed by atoms with E-state index in [-0.39, 0.29) is 42.9 Å². The molecule has 4 aliphatic rings. The van der Waals surface area contributed by atoms with Gasteiger partial charge in [0.25, 0.3) is 0 Å². The Bertz CT molecular complexity index is 1270. The van der Waals surface area contributed by atoms with E-state index in [1.165, 1.54) is 11.1 Å². The topological polar surface area (TPSA) is 134 Å². The van der Waals surface area contributed by atoms with Crippen molar-refractivity contribution in [3.05, 3.63) is 52.1 Å². The van der Waals surface area contributed by atoms with E-state index in [0.717, 1.165) is 48.2 Å². The Balaban J connectivity index is 1.21. The highest BCUT2D eigenvalue weighted by Gasteiger charge is 2.44. The van der Waals surface area contributed by atoms with Gasteiger partial charge in [0.1, 0.15) is 11.9 Å². The number of nitrogens with zero attached hydrogens (tertiary/aromatic N) is 1. The zero-order chi connectivity index (χ0) is 29.5. The van der Waals surface area contributed by atoms with Gasteiger partial charge in [0, 0.05) is 44.8 Å². The number of epoxide rings is 1. The highest BCUT2D eigenvalue weighted by atomic mass is 16.7. The van der Waals surface area contributed by atoms with E-state index in [1.54, 1.807) is 14.2 Å². The summed E-state index contributed by atoms with van der Waals surface area (Å²) >= 11 is 0. The third-order valence-electron chi connectivity index (χ3n) is 9.36. The van der Waals surface area contributed by atoms with Crippen molar-refractivity contribution >= 4 is 0 Å². The number of aromatic hydroxyl groups is 1. The summed E-state index contributed by atoms with van der Waals surface area (Å²) < 4.78 is 28.9. The molecule has 8 unspecified atom stereocenters. The van der Waals surface area contributed by atoms with Gasteiger partial charge >= 0.3 is 0 Å². The van der Waals surface area contributed by atoms with E-state index in [0.29, 0.717) is 25.1 Å². The van der Waals surface area contributed by atoms with Crippen LogP contribution in [0.2, 0.25) is 0 Å². The molecular weight excluding hydrogens is 542 g/mol. The van der Waals surface area contributed by atoms with Gasteiger partial charge in [0.05, 0.1) is 25.4 Å². The lowest BCUT2D eigenvalue weighted by Gasteiger charge is -2.42. The highest BCUT2D eigenvalue weighted by Crippen LogP contribution is 2.46. The Morgan fingerprint density at radius 1 is 1.12 bits per heavy atom. The summed E-state index contributed by atoms with van der Waals surface area (Å²) in [7, 11) is 3.39. The number of benzene rings is 2. The van der Waals surface area contributed by atoms with Gasteiger partial charge in [0.2, 0.25) is 6.29 Å². The molecular formula is C32H43NO9. The summed E-state index contributed by atoms with van der Waals surface area (Å²) in [6.45, 7) is 3.47. The van der Waals surface area contributed by atoms with Crippen LogP contribution in [0, 0.1) is 5.92 Å². The Kier molecular flexibility index (Phi) is 8.66. The first-order valence-corrected chi connectivity index (χ1v) is 15.0. The van der Waals surface area contributed by atoms with E-state index in [9.17, 15) is 20.4 Å². The quantitative estimate of drug-likeness (QED) is 0.309. The molecule has 0 bridgehead atoms. The number of methoxy groups -OCH3 is 2. The standard InChI is InChI=1S/C32H43NO9/c1-17-8-22(38-2)13-29(40-17)41-30-24-15-33-7-6-20-11-21(9-18(16-34)10-27(36)31-32(37)42-31)26(35)14-23(20)25(33)12-19(24)4-5-28(30)39-3/h4-5,11,14,17-18,22,25,27,29,31-32,34-37H,6-10,12-13,15-16H2,1-3H3. The predicted molar refractivity (Wildman–Crippen MR) is 152 cm³/mol. The van der Waals surface area contributed by atoms with Crippen molar-refractivity contribution in [2.24, 2.45) is 5.92 Å². The van der Waals surface area contributed by atoms with Crippen LogP contribution in [0.4, 0.5) is 0 Å². The average molecular weight is 586 g/mol. The molecule has 0 aromatic heterocycles. The minimum atomic E-state index is -0.934. The molecule has 0 saturated carbocycles. The summed E-state index contributed by atoms with van der Waals surface area (Å²) in [4.78, 5) is 2.44. The van der Waals surface area contributed by atoms with Crippen molar-refractivity contribution < 1.29 is 44.1 Å². The molecule has 8 atom stereocenters. The number of phenols is 1. The maximum Gasteiger partial charge on any atom is 0.202 e. The predicted octanol–water partition coefficient (Wildman–Crippen LogP) is 2.59. The summed E-state index contributed by atoms with van der Waals surface area (Å²) in [5.41, 5.74) is 5.38. The number of hydrogen-bond acceptors (Lipinski definition) is 10. The SMILES string of the molecule is COc1ccc2c(c1OC1CC(OC)CC(C)O1)CN1CCc3cc(CC(CO)CC(O)C4OC4O)c(O)cc3C1C2. The molecule has 4 N–H and O–H groups in total. The van der Waals surface area contributed by atoms with Crippen molar-refractivity contribution in [2.45, 2.75) is 95.0 Å². The Morgan fingerprint density at radius 2 is 1.93 bits per heavy atom. The molecule has 2 saturated heterocycles. The first kappa shape index (κ1) is 29.6. The summed E-state index contributed by atoms with van der Waals surface area (Å²) in [5, 5.41) is 40.7. The van der Waals surface area contributed by atoms with Gasteiger partial charge in [-0.1, -0.05) is 12.1 Å². The molecule has 4 aliphatic heterocycles. The van der Waals surface area contributed by atoms with Crippen LogP contribution in [-0.2, 0) is 40.0 Å². The fraction of sp³-hybridized carbons (Fsp3) is 0.625. The number of rotatable bonds is 10. The number of aliphatic hydroxyl groups excluding tert-OH is 3. The van der Waals surface area contributed by atoms with Gasteiger partial charge in [-0.25, -0.2) is 0 Å². The van der Waals surface area contributed by atoms with Crippen LogP contribution in [0.25, 0.3) is 0 Å². The number of ether oxygens (including phenoxy) is 5. The van der Waals surface area contributed by atoms with E-state index < -0.39 is 24.8 Å². The largest absolute Gasteiger partial charge is 0.508 e. The van der Waals surface area contributed by atoms with Gasteiger partial charge in [-0.3, -0.25) is 4.90 Å². The molecule has 0 amide bonds. The molecule has 230 valence electrons. The van der Waals surface area contributed by atoms with Gasteiger partial charge in [-0.15, -0.1) is 0 Å². The zero-order valence-corrected chi connectivity index (χ0v) is 24.6. The second-order valence-corrected chi connectivity index (χ2v) is 12.2. The van der Waals surface area contributed by atoms with E-state index in [1.807, 2.05) is 19.1 Å². The molecule has 42 heavy (non-hydrogen) atoms. The highest BCUT2D eigenvalue weighted by molar-refractivity contribution is 5.54. The number of phenolic OH excluding ortho intramolecular Hbond substituents is 1. The molecule has 6 rings (SSSR count). The average Bonchev–Trinajstić information content (AvgIpc) is 3.72. The van der Waals surface area contributed by atoms with Crippen LogP contribution in [0.3, 0.4) is 0 Å². The lowest BCUT2D eigenvalue weighted by molar-refractivity contribution is -0.176. The number of aliphatic hydroxyl groups is 3. The molecule has 4 heterocycles. The van der Waals surface area contributed by atoms with Crippen molar-refractivity contribution in [1.82, 2.24) is 4.90 Å². The van der Waals surface area contributed by atoms with Crippen molar-refractivity contribution in [3.8, 4) is 17.2 Å². The van der Waals surface area contributed by atoms with E-state index >= 15 is 0 Å². The Hall–Kier alpha value is -2.44. The van der Waals surface area contributed by atoms with E-state index in [4.69, 9.17) is 23.7 Å². The molecule has 0 radical (unpaired) electrons. The summed E-state index contributed by atoms with van der Waals surface area (Å²) in [6, 6.07) is 8.14. The first-order valence-electron chi connectivity index (χ1n) is 15.0. The lowest BCUT2D eigenvalue weighted by Crippen LogP contribution is -2.41. The van der Waals surface area contributed by atoms with Gasteiger partial charge < -0.3 is 44.1 Å². The molecule has 2 fully saturated rings. The van der Waals surface area contributed by atoms with Crippen molar-refractivity contribution in [2.75, 3.05) is 27.4 Å². The maximum absolute atomic E-state index is 11.1. The van der Waals surface area contributed by atoms with Crippen molar-refractivity contribution in [1.29, 1.82) is 0 Å². The van der Waals surface area contributed by atoms with Crippen LogP contribution in [-0.4, -0.2) is 89.7 Å². The number of fused-ring (bicyclic) bond motifs is 4. The zero-order valence-electron chi connectivity index (χ0n) is 24.6. The molecule has 10 nitrogen and oxygen atoms in total. The van der Waals surface area contributed by atoms with Gasteiger partial charge in [0.15, 0.2) is 17.8 Å².